The van der Waals surface area contributed by atoms with Gasteiger partial charge in [0.15, 0.2) is 6.80 Å². The van der Waals surface area contributed by atoms with Gasteiger partial charge in [0.1, 0.15) is 43.6 Å². The Bertz CT molecular complexity index is 1180. The van der Waals surface area contributed by atoms with Crippen molar-refractivity contribution in [3.05, 3.63) is 0 Å². The van der Waals surface area contributed by atoms with Gasteiger partial charge < -0.3 is 66.2 Å². The zero-order chi connectivity index (χ0) is 41.7. The van der Waals surface area contributed by atoms with Crippen molar-refractivity contribution in [2.24, 2.45) is 0 Å². The van der Waals surface area contributed by atoms with Crippen LogP contribution in [0, 0.1) is 0 Å². The molecule has 0 saturated carbocycles. The van der Waals surface area contributed by atoms with Gasteiger partial charge in [0.2, 0.25) is 0 Å². The van der Waals surface area contributed by atoms with Gasteiger partial charge in [-0.15, -0.1) is 0 Å². The Morgan fingerprint density at radius 2 is 1.00 bits per heavy atom. The highest BCUT2D eigenvalue weighted by atomic mass is 32.7. The van der Waals surface area contributed by atoms with Gasteiger partial charge in [-0.1, -0.05) is 11.4 Å². The average Bonchev–Trinajstić information content (AvgIpc) is 3.77. The fourth-order valence-corrected chi connectivity index (χ4v) is 9.79. The first-order valence-electron chi connectivity index (χ1n) is 18.6. The molecule has 0 aliphatic carbocycles. The summed E-state index contributed by atoms with van der Waals surface area (Å²) in [6.07, 6.45) is 0.285. The third-order valence-electron chi connectivity index (χ3n) is 8.08. The van der Waals surface area contributed by atoms with Gasteiger partial charge in [0.05, 0.1) is 83.1 Å². The van der Waals surface area contributed by atoms with E-state index in [1.807, 2.05) is 55.4 Å². The summed E-state index contributed by atoms with van der Waals surface area (Å²) in [6, 6.07) is -1.67. The first-order valence-corrected chi connectivity index (χ1v) is 23.6. The van der Waals surface area contributed by atoms with Gasteiger partial charge in [-0.2, -0.15) is 12.6 Å². The van der Waals surface area contributed by atoms with Gasteiger partial charge in [0.25, 0.3) is 0 Å². The highest BCUT2D eigenvalue weighted by molar-refractivity contribution is 8.54. The smallest absolute Gasteiger partial charge is 0.192 e. The largest absolute Gasteiger partial charge is 0.790 e. The summed E-state index contributed by atoms with van der Waals surface area (Å²) < 4.78 is 76.0. The molecule has 23 heteroatoms. The van der Waals surface area contributed by atoms with Crippen molar-refractivity contribution in [3.8, 4) is 0 Å². The van der Waals surface area contributed by atoms with Crippen LogP contribution in [-0.2, 0) is 56.1 Å². The Labute approximate surface area is 342 Å². The fourth-order valence-electron chi connectivity index (χ4n) is 5.79. The standard InChI is InChI=1S/C16H29B2O7PS.C8H16BO6P.C8H15BO2S/c1-9(2)21-7-13-14(6-16(18)25-13)27-26(19,20)22-8-12-11(23-10(3)4)5-15(17)24-12;1-5(2)14-6-3-8(9)15-7(6)4-13-16(10,11)12;1-5(2)10-4-6-7(12)3-8(9)11-6/h9-16H,5-8H2,1-4H3,(H,19,20);5-8H,3-4H2,1-2H3,(H2,10,11,12);5-8,12H,3-4H2,1-2H3/p-3/t11?,12-,13-,14?,15-,16-;6?,7-,8-;6-,7?,8-/m111/s1. The molecule has 5 unspecified atom stereocenters. The summed E-state index contributed by atoms with van der Waals surface area (Å²) in [5.41, 5.74) is 0. The fraction of sp³-hybridized carbons (Fsp3) is 1.00. The SMILES string of the molecule is [B][C@H]1CC(OC(C)C)[C@@H](COP(=O)([O-])SC2C[C@H]([B])O[C@@H]2COC(C)C)O1.[B][C@H]1CC(OC(C)C)[C@@H](COP(=O)([O-])[O-])O1.[B][C@H]1CC(S)[C@@H](COC(C)C)O1. The predicted molar refractivity (Wildman–Crippen MR) is 210 cm³/mol. The van der Waals surface area contributed by atoms with E-state index in [4.69, 9.17) is 73.8 Å². The maximum atomic E-state index is 12.4. The summed E-state index contributed by atoms with van der Waals surface area (Å²) in [5, 5.41) is -0.129. The molecule has 4 saturated heterocycles. The van der Waals surface area contributed by atoms with E-state index in [-0.39, 0.29) is 79.1 Å². The minimum atomic E-state index is -4.98. The van der Waals surface area contributed by atoms with E-state index in [1.54, 1.807) is 0 Å². The molecule has 55 heavy (non-hydrogen) atoms. The van der Waals surface area contributed by atoms with Crippen LogP contribution < -0.4 is 14.7 Å². The summed E-state index contributed by atoms with van der Waals surface area (Å²) in [7, 11) is 17.8. The molecule has 0 aromatic heterocycles. The van der Waals surface area contributed by atoms with Crippen molar-refractivity contribution in [3.63, 3.8) is 0 Å². The van der Waals surface area contributed by atoms with E-state index in [9.17, 15) is 23.8 Å². The van der Waals surface area contributed by atoms with Crippen molar-refractivity contribution >= 4 is 70.0 Å². The molecule has 13 atom stereocenters. The average molecular weight is 851 g/mol. The Hall–Kier alpha value is 0.900. The quantitative estimate of drug-likeness (QED) is 0.118. The number of thiol groups is 1. The lowest BCUT2D eigenvalue weighted by molar-refractivity contribution is -0.343. The molecular formula is C32H57B4O15P2S2-3. The Kier molecular flexibility index (Phi) is 23.6. The summed E-state index contributed by atoms with van der Waals surface area (Å²) in [5.74, 6) is 0. The van der Waals surface area contributed by atoms with E-state index in [0.717, 1.165) is 17.8 Å². The van der Waals surface area contributed by atoms with Gasteiger partial charge >= 0.3 is 0 Å². The minimum Gasteiger partial charge on any atom is -0.790 e. The highest BCUT2D eigenvalue weighted by Crippen LogP contribution is 2.57. The van der Waals surface area contributed by atoms with Crippen LogP contribution in [0.2, 0.25) is 0 Å². The zero-order valence-electron chi connectivity index (χ0n) is 33.1. The highest BCUT2D eigenvalue weighted by Gasteiger charge is 2.39. The van der Waals surface area contributed by atoms with Crippen LogP contribution in [0.3, 0.4) is 0 Å². The third kappa shape index (κ3) is 21.8. The molecule has 15 nitrogen and oxygen atoms in total. The molecule has 4 fully saturated rings. The molecule has 0 N–H and O–H groups in total. The molecule has 4 aliphatic heterocycles. The van der Waals surface area contributed by atoms with Crippen LogP contribution in [0.25, 0.3) is 0 Å². The van der Waals surface area contributed by atoms with Crippen LogP contribution >= 0.6 is 38.6 Å². The molecule has 312 valence electrons. The first kappa shape index (κ1) is 52.0. The molecule has 0 spiro atoms. The normalized spacial score (nSPS) is 34.9. The van der Waals surface area contributed by atoms with E-state index < -0.39 is 50.9 Å². The lowest BCUT2D eigenvalue weighted by atomic mass is 9.96. The second-order valence-corrected chi connectivity index (χ2v) is 20.5. The van der Waals surface area contributed by atoms with Gasteiger partial charge in [0, 0.05) is 34.5 Å². The molecule has 0 aromatic carbocycles. The molecular weight excluding hydrogens is 794 g/mol. The van der Waals surface area contributed by atoms with E-state index >= 15 is 0 Å². The van der Waals surface area contributed by atoms with Gasteiger partial charge in [-0.3, -0.25) is 4.57 Å². The summed E-state index contributed by atoms with van der Waals surface area (Å²) >= 11 is 5.10. The van der Waals surface area contributed by atoms with Crippen molar-refractivity contribution in [2.75, 3.05) is 26.4 Å². The second-order valence-electron chi connectivity index (χ2n) is 14.7. The Morgan fingerprint density at radius 1 is 0.600 bits per heavy atom. The van der Waals surface area contributed by atoms with E-state index in [1.165, 1.54) is 0 Å². The lowest BCUT2D eigenvalue weighted by Gasteiger charge is -2.31. The molecule has 4 rings (SSSR count). The number of hydrogen-bond donors (Lipinski definition) is 1. The Balaban J connectivity index is 0.000000315. The van der Waals surface area contributed by atoms with Crippen LogP contribution in [-0.4, -0.2) is 153 Å². The molecule has 4 heterocycles. The molecule has 0 amide bonds. The minimum absolute atomic E-state index is 0.0151. The number of phosphoric ester groups is 1. The van der Waals surface area contributed by atoms with Crippen molar-refractivity contribution in [2.45, 2.75) is 177 Å². The molecule has 4 aliphatic rings. The van der Waals surface area contributed by atoms with Crippen LogP contribution in [0.15, 0.2) is 0 Å². The zero-order valence-corrected chi connectivity index (χ0v) is 36.6. The van der Waals surface area contributed by atoms with Crippen LogP contribution in [0.5, 0.6) is 0 Å². The number of phosphoric acid groups is 1. The van der Waals surface area contributed by atoms with Gasteiger partial charge in [-0.25, -0.2) is 0 Å². The lowest BCUT2D eigenvalue weighted by Crippen LogP contribution is -2.32. The van der Waals surface area contributed by atoms with E-state index in [2.05, 4.69) is 17.2 Å². The summed E-state index contributed by atoms with van der Waals surface area (Å²) in [6.45, 7) is 11.5. The number of ether oxygens (including phenoxy) is 8. The third-order valence-corrected chi connectivity index (χ3v) is 12.5. The monoisotopic (exact) mass is 851 g/mol. The maximum absolute atomic E-state index is 12.4. The molecule has 8 radical (unpaired) electrons. The van der Waals surface area contributed by atoms with Crippen LogP contribution in [0.1, 0.15) is 81.1 Å². The predicted octanol–water partition coefficient (Wildman–Crippen LogP) is 1.26. The Morgan fingerprint density at radius 3 is 1.42 bits per heavy atom. The van der Waals surface area contributed by atoms with Crippen molar-refractivity contribution in [1.82, 2.24) is 0 Å². The summed E-state index contributed by atoms with van der Waals surface area (Å²) in [4.78, 5) is 33.1. The van der Waals surface area contributed by atoms with Crippen molar-refractivity contribution < 1.29 is 70.8 Å². The molecule has 0 bridgehead atoms. The number of hydrogen-bond acceptors (Lipinski definition) is 17. The van der Waals surface area contributed by atoms with Crippen LogP contribution in [0.4, 0.5) is 0 Å². The number of rotatable bonds is 18. The first-order chi connectivity index (χ1) is 25.4. The van der Waals surface area contributed by atoms with E-state index in [0.29, 0.717) is 25.9 Å². The van der Waals surface area contributed by atoms with Gasteiger partial charge in [-0.05, 0) is 81.1 Å². The maximum Gasteiger partial charge on any atom is 0.192 e. The topological polar surface area (TPSA) is 196 Å². The van der Waals surface area contributed by atoms with Crippen molar-refractivity contribution in [1.29, 1.82) is 0 Å². The molecule has 0 aromatic rings. The second kappa shape index (κ2) is 25.0.